The van der Waals surface area contributed by atoms with E-state index >= 15 is 0 Å². The fraction of sp³-hybridized carbons (Fsp3) is 0.294. The molecular weight excluding hydrogens is 376 g/mol. The molecule has 1 aliphatic heterocycles. The summed E-state index contributed by atoms with van der Waals surface area (Å²) in [6.45, 7) is 0.843. The lowest BCUT2D eigenvalue weighted by Crippen LogP contribution is -2.46. The van der Waals surface area contributed by atoms with Crippen molar-refractivity contribution in [1.82, 2.24) is 5.32 Å². The van der Waals surface area contributed by atoms with Crippen LogP contribution in [0.2, 0.25) is 20.1 Å². The van der Waals surface area contributed by atoms with Gasteiger partial charge in [-0.15, -0.1) is 0 Å². The summed E-state index contributed by atoms with van der Waals surface area (Å²) in [5, 5.41) is 16.9. The van der Waals surface area contributed by atoms with Gasteiger partial charge in [-0.25, -0.2) is 0 Å². The molecule has 2 aromatic carbocycles. The topological polar surface area (TPSA) is 32.3 Å². The van der Waals surface area contributed by atoms with Gasteiger partial charge in [0.2, 0.25) is 0 Å². The molecule has 1 aliphatic rings. The third-order valence-corrected chi connectivity index (χ3v) is 5.04. The molecule has 1 atom stereocenters. The second-order valence-electron chi connectivity index (χ2n) is 5.73. The van der Waals surface area contributed by atoms with E-state index in [9.17, 15) is 5.11 Å². The van der Waals surface area contributed by atoms with Crippen molar-refractivity contribution < 1.29 is 5.11 Å². The Bertz CT molecular complexity index is 637. The zero-order valence-corrected chi connectivity index (χ0v) is 15.1. The molecule has 23 heavy (non-hydrogen) atoms. The predicted molar refractivity (Wildman–Crippen MR) is 96.9 cm³/mol. The van der Waals surface area contributed by atoms with Gasteiger partial charge in [0, 0.05) is 26.1 Å². The molecule has 2 nitrogen and oxygen atoms in total. The fourth-order valence-electron chi connectivity index (χ4n) is 3.16. The third kappa shape index (κ3) is 3.48. The maximum absolute atomic E-state index is 11.7. The predicted octanol–water partition coefficient (Wildman–Crippen LogP) is 5.29. The molecule has 0 amide bonds. The van der Waals surface area contributed by atoms with E-state index in [1.165, 1.54) is 0 Å². The quantitative estimate of drug-likeness (QED) is 0.746. The lowest BCUT2D eigenvalue weighted by Gasteiger charge is -2.36. The molecule has 0 radical (unpaired) electrons. The van der Waals surface area contributed by atoms with Crippen LogP contribution in [0.1, 0.15) is 24.0 Å². The largest absolute Gasteiger partial charge is 0.379 e. The Kier molecular flexibility index (Phi) is 5.12. The van der Waals surface area contributed by atoms with Crippen LogP contribution in [0.15, 0.2) is 36.4 Å². The Morgan fingerprint density at radius 3 is 1.61 bits per heavy atom. The van der Waals surface area contributed by atoms with E-state index in [0.717, 1.165) is 19.4 Å². The van der Waals surface area contributed by atoms with E-state index in [0.29, 0.717) is 31.2 Å². The summed E-state index contributed by atoms with van der Waals surface area (Å²) >= 11 is 24.6. The van der Waals surface area contributed by atoms with Gasteiger partial charge in [0.05, 0.1) is 0 Å². The Morgan fingerprint density at radius 2 is 1.26 bits per heavy atom. The van der Waals surface area contributed by atoms with Gasteiger partial charge in [0.15, 0.2) is 0 Å². The first-order valence-corrected chi connectivity index (χ1v) is 8.79. The number of rotatable bonds is 3. The zero-order chi connectivity index (χ0) is 16.6. The van der Waals surface area contributed by atoms with Crippen LogP contribution in [0.3, 0.4) is 0 Å². The molecule has 0 bridgehead atoms. The molecule has 2 aromatic rings. The monoisotopic (exact) mass is 389 g/mol. The first-order chi connectivity index (χ1) is 10.9. The van der Waals surface area contributed by atoms with Crippen LogP contribution in [-0.4, -0.2) is 17.7 Å². The molecule has 1 saturated heterocycles. The van der Waals surface area contributed by atoms with E-state index in [1.54, 1.807) is 36.4 Å². The van der Waals surface area contributed by atoms with E-state index in [1.807, 2.05) is 0 Å². The summed E-state index contributed by atoms with van der Waals surface area (Å²) in [4.78, 5) is 0. The molecule has 0 aliphatic carbocycles. The SMILES string of the molecule is OC(c1cc(Cl)cc(Cl)c1)(c1cc(Cl)cc(Cl)c1)[C@H]1CCCN1. The number of nitrogens with one attached hydrogen (secondary N) is 1. The van der Waals surface area contributed by atoms with Crippen LogP contribution < -0.4 is 5.32 Å². The van der Waals surface area contributed by atoms with Crippen LogP contribution in [0.4, 0.5) is 0 Å². The van der Waals surface area contributed by atoms with Gasteiger partial charge in [0.25, 0.3) is 0 Å². The second-order valence-corrected chi connectivity index (χ2v) is 7.48. The van der Waals surface area contributed by atoms with Crippen molar-refractivity contribution in [3.05, 3.63) is 67.6 Å². The van der Waals surface area contributed by atoms with Crippen LogP contribution in [0, 0.1) is 0 Å². The van der Waals surface area contributed by atoms with Crippen molar-refractivity contribution in [3.63, 3.8) is 0 Å². The van der Waals surface area contributed by atoms with Gasteiger partial charge in [-0.05, 0) is 66.9 Å². The van der Waals surface area contributed by atoms with Crippen LogP contribution in [-0.2, 0) is 5.60 Å². The minimum atomic E-state index is -1.32. The normalized spacial score (nSPS) is 18.4. The number of benzene rings is 2. The summed E-state index contributed by atoms with van der Waals surface area (Å²) in [7, 11) is 0. The molecule has 6 heteroatoms. The van der Waals surface area contributed by atoms with Crippen molar-refractivity contribution in [2.24, 2.45) is 0 Å². The lowest BCUT2D eigenvalue weighted by molar-refractivity contribution is 0.0443. The molecule has 0 saturated carbocycles. The smallest absolute Gasteiger partial charge is 0.130 e. The van der Waals surface area contributed by atoms with Crippen LogP contribution in [0.5, 0.6) is 0 Å². The summed E-state index contributed by atoms with van der Waals surface area (Å²) in [6, 6.07) is 10.0. The number of halogens is 4. The average Bonchev–Trinajstić information content (AvgIpc) is 2.98. The molecule has 3 rings (SSSR count). The molecule has 122 valence electrons. The van der Waals surface area contributed by atoms with Crippen molar-refractivity contribution in [1.29, 1.82) is 0 Å². The van der Waals surface area contributed by atoms with Gasteiger partial charge in [-0.3, -0.25) is 0 Å². The van der Waals surface area contributed by atoms with Gasteiger partial charge in [-0.1, -0.05) is 46.4 Å². The van der Waals surface area contributed by atoms with E-state index < -0.39 is 5.60 Å². The van der Waals surface area contributed by atoms with Gasteiger partial charge < -0.3 is 10.4 Å². The zero-order valence-electron chi connectivity index (χ0n) is 12.1. The Morgan fingerprint density at radius 1 is 0.826 bits per heavy atom. The lowest BCUT2D eigenvalue weighted by atomic mass is 9.79. The maximum Gasteiger partial charge on any atom is 0.130 e. The number of hydrogen-bond acceptors (Lipinski definition) is 2. The molecule has 1 heterocycles. The molecular formula is C17H15Cl4NO. The van der Waals surface area contributed by atoms with E-state index in [2.05, 4.69) is 5.32 Å². The summed E-state index contributed by atoms with van der Waals surface area (Å²) < 4.78 is 0. The Balaban J connectivity index is 2.21. The van der Waals surface area contributed by atoms with Crippen molar-refractivity contribution in [2.45, 2.75) is 24.5 Å². The Hall–Kier alpha value is -0.480. The van der Waals surface area contributed by atoms with Gasteiger partial charge in [-0.2, -0.15) is 0 Å². The van der Waals surface area contributed by atoms with Crippen molar-refractivity contribution in [3.8, 4) is 0 Å². The van der Waals surface area contributed by atoms with Crippen molar-refractivity contribution in [2.75, 3.05) is 6.54 Å². The summed E-state index contributed by atoms with van der Waals surface area (Å²) in [5.74, 6) is 0. The minimum Gasteiger partial charge on any atom is -0.379 e. The van der Waals surface area contributed by atoms with E-state index in [-0.39, 0.29) is 6.04 Å². The number of hydrogen-bond donors (Lipinski definition) is 2. The molecule has 1 fully saturated rings. The standard InChI is InChI=1S/C17H15Cl4NO/c18-12-4-10(5-13(19)8-12)17(23,16-2-1-3-22-16)11-6-14(20)9-15(21)7-11/h4-9,16,22-23H,1-3H2/t16-/m1/s1. The first kappa shape index (κ1) is 17.3. The molecule has 0 aromatic heterocycles. The molecule has 2 N–H and O–H groups in total. The highest BCUT2D eigenvalue weighted by molar-refractivity contribution is 6.35. The second kappa shape index (κ2) is 6.79. The van der Waals surface area contributed by atoms with E-state index in [4.69, 9.17) is 46.4 Å². The minimum absolute atomic E-state index is 0.174. The van der Waals surface area contributed by atoms with Gasteiger partial charge in [0.1, 0.15) is 5.60 Å². The molecule has 0 spiro atoms. The van der Waals surface area contributed by atoms with Gasteiger partial charge >= 0.3 is 0 Å². The Labute approximate surface area is 155 Å². The highest BCUT2D eigenvalue weighted by Crippen LogP contribution is 2.40. The summed E-state index contributed by atoms with van der Waals surface area (Å²) in [6.07, 6.45) is 1.81. The van der Waals surface area contributed by atoms with Crippen LogP contribution in [0.25, 0.3) is 0 Å². The first-order valence-electron chi connectivity index (χ1n) is 7.28. The summed E-state index contributed by atoms with van der Waals surface area (Å²) in [5.41, 5.74) is -0.0833. The fourth-order valence-corrected chi connectivity index (χ4v) is 4.21. The third-order valence-electron chi connectivity index (χ3n) is 4.17. The maximum atomic E-state index is 11.7. The molecule has 0 unspecified atom stereocenters. The van der Waals surface area contributed by atoms with Crippen LogP contribution >= 0.6 is 46.4 Å². The highest BCUT2D eigenvalue weighted by atomic mass is 35.5. The highest BCUT2D eigenvalue weighted by Gasteiger charge is 2.42. The van der Waals surface area contributed by atoms with Crippen molar-refractivity contribution >= 4 is 46.4 Å². The number of aliphatic hydroxyl groups is 1. The average molecular weight is 391 g/mol.